The van der Waals surface area contributed by atoms with Crippen molar-refractivity contribution in [3.05, 3.63) is 0 Å². The first-order valence-electron chi connectivity index (χ1n) is 11.8. The van der Waals surface area contributed by atoms with E-state index >= 15 is 0 Å². The largest absolute Gasteiger partial charge is 0.480 e. The number of nitrogens with zero attached hydrogens (tertiary/aromatic N) is 2. The maximum absolute atomic E-state index is 13.8. The third-order valence-electron chi connectivity index (χ3n) is 6.85. The van der Waals surface area contributed by atoms with Gasteiger partial charge in [-0.2, -0.15) is 0 Å². The molecule has 1 saturated heterocycles. The van der Waals surface area contributed by atoms with Gasteiger partial charge >= 0.3 is 18.0 Å². The Morgan fingerprint density at radius 2 is 1.03 bits per heavy atom. The van der Waals surface area contributed by atoms with Gasteiger partial charge in [0, 0.05) is 12.1 Å². The highest BCUT2D eigenvalue weighted by Crippen LogP contribution is 2.38. The first-order chi connectivity index (χ1) is 16.6. The van der Waals surface area contributed by atoms with E-state index in [2.05, 4.69) is 0 Å². The van der Waals surface area contributed by atoms with E-state index in [4.69, 9.17) is 10.2 Å². The van der Waals surface area contributed by atoms with Gasteiger partial charge in [-0.15, -0.1) is 0 Å². The highest BCUT2D eigenvalue weighted by Gasteiger charge is 2.68. The lowest BCUT2D eigenvalue weighted by molar-refractivity contribution is -0.172. The van der Waals surface area contributed by atoms with Gasteiger partial charge in [0.2, 0.25) is 0 Å². The first-order valence-corrected chi connectivity index (χ1v) is 11.8. The smallest absolute Gasteiger partial charge is 0.334 e. The second-order valence-corrected chi connectivity index (χ2v) is 9.12. The summed E-state index contributed by atoms with van der Waals surface area (Å²) in [7, 11) is 0. The number of carbonyl (C=O) groups excluding carboxylic acids is 5. The number of rotatable bonds is 8. The summed E-state index contributed by atoms with van der Waals surface area (Å²) < 4.78 is 0. The monoisotopic (exact) mass is 494 g/mol. The molecule has 2 saturated carbocycles. The Hall–Kier alpha value is -3.51. The molecule has 3 rings (SSSR count). The Bertz CT molecular complexity index is 850. The molecular weight excluding hydrogens is 464 g/mol. The quantitative estimate of drug-likeness (QED) is 0.332. The normalized spacial score (nSPS) is 21.5. The highest BCUT2D eigenvalue weighted by molar-refractivity contribution is 6.42. The minimum Gasteiger partial charge on any atom is -0.480 e. The van der Waals surface area contributed by atoms with Crippen LogP contribution < -0.4 is 10.6 Å². The van der Waals surface area contributed by atoms with Crippen molar-refractivity contribution in [1.82, 2.24) is 20.4 Å². The van der Waals surface area contributed by atoms with Gasteiger partial charge < -0.3 is 20.8 Å². The molecule has 0 aromatic heterocycles. The molecule has 1 aliphatic heterocycles. The van der Waals surface area contributed by atoms with Crippen LogP contribution in [0.5, 0.6) is 0 Å². The molecule has 3 fully saturated rings. The van der Waals surface area contributed by atoms with Crippen molar-refractivity contribution in [3.63, 3.8) is 0 Å². The number of aliphatic carboxylic acids is 2. The van der Waals surface area contributed by atoms with Crippen molar-refractivity contribution in [2.75, 3.05) is 13.1 Å². The zero-order valence-corrected chi connectivity index (χ0v) is 19.3. The minimum atomic E-state index is -3.16. The topological polar surface area (TPSA) is 190 Å². The summed E-state index contributed by atoms with van der Waals surface area (Å²) in [6, 6.07) is -2.20. The van der Waals surface area contributed by atoms with E-state index in [0.717, 1.165) is 22.6 Å². The molecule has 0 aromatic rings. The predicted octanol–water partition coefficient (Wildman–Crippen LogP) is -0.169. The van der Waals surface area contributed by atoms with Crippen LogP contribution in [0.4, 0.5) is 4.79 Å². The molecule has 13 nitrogen and oxygen atoms in total. The summed E-state index contributed by atoms with van der Waals surface area (Å²) in [5.41, 5.74) is -3.16. The Morgan fingerprint density at radius 1 is 0.686 bits per heavy atom. The number of carboxylic acid groups (broad SMARTS) is 2. The van der Waals surface area contributed by atoms with Crippen LogP contribution in [0.2, 0.25) is 0 Å². The highest BCUT2D eigenvalue weighted by atomic mass is 16.4. The molecule has 1 heterocycles. The van der Waals surface area contributed by atoms with E-state index in [-0.39, 0.29) is 0 Å². The lowest BCUT2D eigenvalue weighted by atomic mass is 9.78. The Kier molecular flexibility index (Phi) is 8.07. The number of amides is 6. The molecule has 13 heteroatoms. The van der Waals surface area contributed by atoms with E-state index in [0.29, 0.717) is 51.4 Å². The van der Waals surface area contributed by atoms with E-state index in [1.165, 1.54) is 0 Å². The van der Waals surface area contributed by atoms with E-state index in [9.17, 15) is 33.6 Å². The van der Waals surface area contributed by atoms with Crippen LogP contribution in [0.3, 0.4) is 0 Å². The van der Waals surface area contributed by atoms with E-state index in [1.807, 2.05) is 10.6 Å². The fourth-order valence-electron chi connectivity index (χ4n) is 5.13. The van der Waals surface area contributed by atoms with Crippen molar-refractivity contribution in [3.8, 4) is 0 Å². The van der Waals surface area contributed by atoms with Gasteiger partial charge in [0.15, 0.2) is 0 Å². The molecule has 0 spiro atoms. The molecule has 35 heavy (non-hydrogen) atoms. The summed E-state index contributed by atoms with van der Waals surface area (Å²) in [6.07, 6.45) is 6.24. The van der Waals surface area contributed by atoms with E-state index in [1.54, 1.807) is 0 Å². The molecule has 0 atom stereocenters. The van der Waals surface area contributed by atoms with Crippen molar-refractivity contribution < 1.29 is 43.8 Å². The van der Waals surface area contributed by atoms with Crippen LogP contribution in [0.15, 0.2) is 0 Å². The third-order valence-corrected chi connectivity index (χ3v) is 6.85. The Balaban J connectivity index is 2.14. The van der Waals surface area contributed by atoms with Crippen LogP contribution >= 0.6 is 0 Å². The average Bonchev–Trinajstić information content (AvgIpc) is 2.83. The van der Waals surface area contributed by atoms with Gasteiger partial charge in [-0.3, -0.25) is 38.6 Å². The number of carbonyl (C=O) groups is 7. The summed E-state index contributed by atoms with van der Waals surface area (Å²) in [6.45, 7) is -1.98. The van der Waals surface area contributed by atoms with Crippen molar-refractivity contribution in [2.24, 2.45) is 5.41 Å². The minimum absolute atomic E-state index is 0.424. The van der Waals surface area contributed by atoms with Crippen LogP contribution in [0.1, 0.15) is 64.2 Å². The summed E-state index contributed by atoms with van der Waals surface area (Å²) in [5, 5.41) is 21.9. The maximum Gasteiger partial charge on any atom is 0.334 e. The Labute approximate surface area is 201 Å². The maximum atomic E-state index is 13.8. The number of carboxylic acids is 2. The number of urea groups is 1. The molecule has 0 unspecified atom stereocenters. The van der Waals surface area contributed by atoms with Gasteiger partial charge in [-0.25, -0.2) is 4.79 Å². The molecule has 4 N–H and O–H groups in total. The van der Waals surface area contributed by atoms with Gasteiger partial charge in [0.05, 0.1) is 0 Å². The van der Waals surface area contributed by atoms with Crippen LogP contribution in [0, 0.1) is 5.41 Å². The van der Waals surface area contributed by atoms with Gasteiger partial charge in [-0.1, -0.05) is 38.5 Å². The molecule has 6 amide bonds. The lowest BCUT2D eigenvalue weighted by Gasteiger charge is -2.48. The SMILES string of the molecule is O=C(O)CNC(=O)C1(C(=O)NCC(=O)O)C(=O)N(C2CCCCC2)C(=O)N(C2CCCCC2)C1=O. The number of imide groups is 2. The number of nitrogens with one attached hydrogen (secondary N) is 2. The van der Waals surface area contributed by atoms with Crippen LogP contribution in [-0.2, 0) is 28.8 Å². The summed E-state index contributed by atoms with van der Waals surface area (Å²) in [5.74, 6) is -8.74. The molecule has 2 aliphatic carbocycles. The molecular formula is C22H30N4O9. The summed E-state index contributed by atoms with van der Waals surface area (Å²) >= 11 is 0. The second-order valence-electron chi connectivity index (χ2n) is 9.12. The van der Waals surface area contributed by atoms with Gasteiger partial charge in [0.25, 0.3) is 29.0 Å². The fourth-order valence-corrected chi connectivity index (χ4v) is 5.13. The average molecular weight is 495 g/mol. The zero-order valence-electron chi connectivity index (χ0n) is 19.3. The fraction of sp³-hybridized carbons (Fsp3) is 0.682. The van der Waals surface area contributed by atoms with Crippen molar-refractivity contribution in [1.29, 1.82) is 0 Å². The van der Waals surface area contributed by atoms with E-state index < -0.39 is 72.2 Å². The van der Waals surface area contributed by atoms with Crippen molar-refractivity contribution in [2.45, 2.75) is 76.3 Å². The zero-order chi connectivity index (χ0) is 25.8. The standard InChI is InChI=1S/C22H30N4O9/c27-15(28)11-23-17(31)22(18(32)24-12-16(29)30)19(33)25(13-7-3-1-4-8-13)21(35)26(20(22)34)14-9-5-2-6-10-14/h13-14H,1-12H2,(H,23,31)(H,24,32)(H,27,28)(H,29,30). The molecule has 0 radical (unpaired) electrons. The molecule has 0 bridgehead atoms. The third kappa shape index (κ3) is 4.98. The van der Waals surface area contributed by atoms with Crippen LogP contribution in [0.25, 0.3) is 0 Å². The predicted molar refractivity (Wildman–Crippen MR) is 117 cm³/mol. The molecule has 0 aromatic carbocycles. The lowest BCUT2D eigenvalue weighted by Crippen LogP contribution is -2.76. The Morgan fingerprint density at radius 3 is 1.34 bits per heavy atom. The molecule has 192 valence electrons. The summed E-state index contributed by atoms with van der Waals surface area (Å²) in [4.78, 5) is 91.6. The second kappa shape index (κ2) is 10.8. The van der Waals surface area contributed by atoms with Gasteiger partial charge in [0.1, 0.15) is 13.1 Å². The first kappa shape index (κ1) is 26.1. The number of hydrogen-bond donors (Lipinski definition) is 4. The van der Waals surface area contributed by atoms with Gasteiger partial charge in [-0.05, 0) is 25.7 Å². The number of hydrogen-bond acceptors (Lipinski definition) is 7. The molecule has 3 aliphatic rings. The number of barbiturate groups is 1. The van der Waals surface area contributed by atoms with Crippen molar-refractivity contribution >= 4 is 41.6 Å². The van der Waals surface area contributed by atoms with Crippen LogP contribution in [-0.4, -0.2) is 86.8 Å².